The molecule has 2 nitrogen and oxygen atoms in total. The summed E-state index contributed by atoms with van der Waals surface area (Å²) in [5, 5.41) is 5.83. The molecule has 0 aliphatic heterocycles. The second-order valence-electron chi connectivity index (χ2n) is 12.7. The maximum atomic E-state index is 11.5. The van der Waals surface area contributed by atoms with Crippen LogP contribution in [0, 0.1) is 0 Å². The van der Waals surface area contributed by atoms with Crippen LogP contribution in [0.15, 0.2) is 12.3 Å². The number of hydrogen-bond acceptors (Lipinski definition) is 1. The summed E-state index contributed by atoms with van der Waals surface area (Å²) in [6.07, 6.45) is 38.7. The number of halogens is 3. The Bertz CT molecular complexity index is 617. The van der Waals surface area contributed by atoms with Crippen molar-refractivity contribution < 1.29 is 13.2 Å². The van der Waals surface area contributed by atoms with Crippen LogP contribution in [0.4, 0.5) is 13.2 Å². The van der Waals surface area contributed by atoms with Gasteiger partial charge in [-0.15, -0.1) is 0 Å². The van der Waals surface area contributed by atoms with E-state index in [0.717, 1.165) is 12.3 Å². The first-order valence-electron chi connectivity index (χ1n) is 18.2. The van der Waals surface area contributed by atoms with Crippen molar-refractivity contribution in [1.29, 1.82) is 0 Å². The molecule has 0 radical (unpaired) electrons. The molecule has 0 aliphatic carbocycles. The molecule has 0 fully saturated rings. The summed E-state index contributed by atoms with van der Waals surface area (Å²) < 4.78 is 34.6. The molecule has 0 saturated heterocycles. The van der Waals surface area contributed by atoms with Crippen LogP contribution in [0.3, 0.4) is 0 Å². The Balaban J connectivity index is 0.00000157. The summed E-state index contributed by atoms with van der Waals surface area (Å²) in [6, 6.07) is 0.819. The Labute approximate surface area is 260 Å². The van der Waals surface area contributed by atoms with Crippen LogP contribution in [0.5, 0.6) is 0 Å². The highest BCUT2D eigenvalue weighted by molar-refractivity contribution is 7.75. The number of unbranched alkanes of at least 4 members (excludes halogenated alkanes) is 20. The average Bonchev–Trinajstić information content (AvgIpc) is 3.53. The zero-order valence-electron chi connectivity index (χ0n) is 28.4. The summed E-state index contributed by atoms with van der Waals surface area (Å²) in [5.74, 6) is 0. The second-order valence-corrected chi connectivity index (χ2v) is 17.2. The molecule has 0 N–H and O–H groups in total. The first kappa shape index (κ1) is 41.4. The van der Waals surface area contributed by atoms with Gasteiger partial charge in [-0.3, -0.25) is 0 Å². The number of alkyl halides is 3. The number of aromatic nitrogens is 2. The van der Waals surface area contributed by atoms with Gasteiger partial charge < -0.3 is 10.2 Å². The minimum atomic E-state index is -4.35. The molecular weight excluding hydrogens is 548 g/mol. The van der Waals surface area contributed by atoms with E-state index >= 15 is 0 Å². The number of rotatable bonds is 28. The van der Waals surface area contributed by atoms with Crippen molar-refractivity contribution in [3.05, 3.63) is 18.0 Å². The molecule has 0 spiro atoms. The van der Waals surface area contributed by atoms with E-state index < -0.39 is 19.1 Å². The standard InChI is InChI=1S/C32H68P.C4H2F3N2/c1-5-9-13-17-18-19-20-21-22-23-24-28-32-33(29-25-14-10-6-2,30-26-15-11-7-3)31-27-16-12-8-4;5-4(6,7)3-1-2-8-9-3/h5-32H2,1-4H3;1-2H/q+1;-1. The fourth-order valence-corrected chi connectivity index (χ4v) is 10.9. The third kappa shape index (κ3) is 24.8. The fourth-order valence-electron chi connectivity index (χ4n) is 5.96. The van der Waals surface area contributed by atoms with Crippen LogP contribution >= 0.6 is 7.26 Å². The van der Waals surface area contributed by atoms with Crippen LogP contribution < -0.4 is 5.10 Å². The minimum absolute atomic E-state index is 0.697. The molecule has 0 aromatic carbocycles. The van der Waals surface area contributed by atoms with Crippen molar-refractivity contribution in [2.24, 2.45) is 0 Å². The second kappa shape index (κ2) is 29.2. The van der Waals surface area contributed by atoms with Crippen molar-refractivity contribution in [3.63, 3.8) is 0 Å². The van der Waals surface area contributed by atoms with Gasteiger partial charge in [0.15, 0.2) is 0 Å². The Morgan fingerprint density at radius 2 is 0.786 bits per heavy atom. The SMILES string of the molecule is CCCCCCCCCCCCCC[P+](CCCCCC)(CCCCCC)CCCCCC.FC(F)(F)c1cc[n-]n1. The van der Waals surface area contributed by atoms with Gasteiger partial charge in [-0.25, -0.2) is 0 Å². The van der Waals surface area contributed by atoms with E-state index in [1.54, 1.807) is 50.3 Å². The van der Waals surface area contributed by atoms with Crippen molar-refractivity contribution in [1.82, 2.24) is 10.2 Å². The van der Waals surface area contributed by atoms with Gasteiger partial charge in [0.1, 0.15) is 5.69 Å². The minimum Gasteiger partial charge on any atom is -0.581 e. The quantitative estimate of drug-likeness (QED) is 0.0690. The first-order valence-corrected chi connectivity index (χ1v) is 20.7. The largest absolute Gasteiger partial charge is 0.581 e. The van der Waals surface area contributed by atoms with Crippen LogP contribution in [0.1, 0.15) is 187 Å². The highest BCUT2D eigenvalue weighted by Gasteiger charge is 2.35. The van der Waals surface area contributed by atoms with Gasteiger partial charge in [-0.1, -0.05) is 136 Å². The lowest BCUT2D eigenvalue weighted by Crippen LogP contribution is -2.13. The van der Waals surface area contributed by atoms with Crippen LogP contribution in [0.25, 0.3) is 0 Å². The smallest absolute Gasteiger partial charge is 0.431 e. The van der Waals surface area contributed by atoms with E-state index in [2.05, 4.69) is 37.9 Å². The molecule has 0 bridgehead atoms. The van der Waals surface area contributed by atoms with Crippen LogP contribution in [-0.2, 0) is 6.18 Å². The van der Waals surface area contributed by atoms with Gasteiger partial charge in [0.2, 0.25) is 0 Å². The summed E-state index contributed by atoms with van der Waals surface area (Å²) in [7, 11) is -0.697. The molecular formula is C36H70F3N2P. The Morgan fingerprint density at radius 3 is 1.02 bits per heavy atom. The lowest BCUT2D eigenvalue weighted by molar-refractivity contribution is -0.141. The predicted molar refractivity (Wildman–Crippen MR) is 182 cm³/mol. The van der Waals surface area contributed by atoms with Crippen molar-refractivity contribution >= 4 is 7.26 Å². The first-order chi connectivity index (χ1) is 20.3. The Hall–Kier alpha value is -0.570. The molecule has 0 atom stereocenters. The van der Waals surface area contributed by atoms with E-state index in [-0.39, 0.29) is 0 Å². The van der Waals surface area contributed by atoms with Gasteiger partial charge in [0, 0.05) is 7.26 Å². The molecule has 0 unspecified atom stereocenters. The average molecular weight is 619 g/mol. The molecule has 1 aromatic heterocycles. The van der Waals surface area contributed by atoms with E-state index in [9.17, 15) is 13.2 Å². The highest BCUT2D eigenvalue weighted by atomic mass is 31.2. The Morgan fingerprint density at radius 1 is 0.500 bits per heavy atom. The molecule has 0 saturated carbocycles. The third-order valence-corrected chi connectivity index (χ3v) is 13.8. The monoisotopic (exact) mass is 619 g/mol. The third-order valence-electron chi connectivity index (χ3n) is 8.70. The maximum Gasteiger partial charge on any atom is 0.431 e. The lowest BCUT2D eigenvalue weighted by Gasteiger charge is -2.28. The molecule has 0 aliphatic rings. The molecule has 1 rings (SSSR count). The van der Waals surface area contributed by atoms with Crippen molar-refractivity contribution in [3.8, 4) is 0 Å². The number of nitrogens with zero attached hydrogens (tertiary/aromatic N) is 2. The molecule has 1 aromatic rings. The topological polar surface area (TPSA) is 27.0 Å². The lowest BCUT2D eigenvalue weighted by atomic mass is 10.1. The van der Waals surface area contributed by atoms with Gasteiger partial charge in [0.05, 0.1) is 24.6 Å². The van der Waals surface area contributed by atoms with E-state index in [0.29, 0.717) is 0 Å². The molecule has 1 heterocycles. The molecule has 0 amide bonds. The molecule has 42 heavy (non-hydrogen) atoms. The van der Waals surface area contributed by atoms with Crippen molar-refractivity contribution in [2.45, 2.75) is 188 Å². The fraction of sp³-hybridized carbons (Fsp3) is 0.917. The summed E-state index contributed by atoms with van der Waals surface area (Å²) in [6.45, 7) is 9.41. The Kier molecular flexibility index (Phi) is 28.8. The van der Waals surface area contributed by atoms with E-state index in [1.165, 1.54) is 128 Å². The van der Waals surface area contributed by atoms with E-state index in [1.807, 2.05) is 0 Å². The predicted octanol–water partition coefficient (Wildman–Crippen LogP) is 13.5. The van der Waals surface area contributed by atoms with Gasteiger partial charge >= 0.3 is 6.18 Å². The maximum absolute atomic E-state index is 11.5. The summed E-state index contributed by atoms with van der Waals surface area (Å²) in [4.78, 5) is 0. The van der Waals surface area contributed by atoms with Gasteiger partial charge in [0.25, 0.3) is 0 Å². The van der Waals surface area contributed by atoms with Gasteiger partial charge in [-0.05, 0) is 51.4 Å². The molecule has 6 heteroatoms. The van der Waals surface area contributed by atoms with Gasteiger partial charge in [-0.2, -0.15) is 19.4 Å². The highest BCUT2D eigenvalue weighted by Crippen LogP contribution is 2.61. The zero-order valence-corrected chi connectivity index (χ0v) is 29.3. The van der Waals surface area contributed by atoms with Crippen LogP contribution in [-0.4, -0.2) is 29.7 Å². The van der Waals surface area contributed by atoms with Crippen LogP contribution in [0.2, 0.25) is 0 Å². The molecule has 250 valence electrons. The summed E-state index contributed by atoms with van der Waals surface area (Å²) >= 11 is 0. The zero-order chi connectivity index (χ0) is 31.2. The van der Waals surface area contributed by atoms with E-state index in [4.69, 9.17) is 0 Å². The normalized spacial score (nSPS) is 12.0. The summed E-state index contributed by atoms with van der Waals surface area (Å²) in [5.41, 5.74) is -0.942. The number of hydrogen-bond donors (Lipinski definition) is 0. The van der Waals surface area contributed by atoms with Crippen molar-refractivity contribution in [2.75, 3.05) is 24.6 Å².